The van der Waals surface area contributed by atoms with E-state index in [4.69, 9.17) is 11.9 Å². The van der Waals surface area contributed by atoms with E-state index >= 15 is 0 Å². The number of nitrogens with two attached hydrogens (primary N) is 1. The summed E-state index contributed by atoms with van der Waals surface area (Å²) in [7, 11) is 0. The molecule has 2 N–H and O–H groups in total. The second-order valence-electron chi connectivity index (χ2n) is 5.47. The molecule has 0 aliphatic carbocycles. The minimum atomic E-state index is -2.84. The zero-order valence-corrected chi connectivity index (χ0v) is 17.6. The Morgan fingerprint density at radius 3 is 2.10 bits per heavy atom. The van der Waals surface area contributed by atoms with Crippen LogP contribution >= 0.6 is 11.8 Å². The molecule has 1 unspecified atom stereocenters. The Morgan fingerprint density at radius 1 is 1.05 bits per heavy atom. The average Bonchev–Trinajstić information content (AvgIpc) is 2.44. The van der Waals surface area contributed by atoms with Crippen LogP contribution in [0, 0.1) is 0 Å². The van der Waals surface area contributed by atoms with Gasteiger partial charge < -0.3 is 0 Å². The predicted molar refractivity (Wildman–Crippen MR) is 93.5 cm³/mol. The van der Waals surface area contributed by atoms with Crippen molar-refractivity contribution in [3.63, 3.8) is 0 Å². The molecule has 0 saturated carbocycles. The van der Waals surface area contributed by atoms with Crippen molar-refractivity contribution in [3.8, 4) is 0 Å². The van der Waals surface area contributed by atoms with E-state index in [1.54, 1.807) is 0 Å². The summed E-state index contributed by atoms with van der Waals surface area (Å²) in [4.78, 5) is 0. The van der Waals surface area contributed by atoms with Gasteiger partial charge in [0, 0.05) is 0 Å². The molecule has 0 aromatic rings. The number of rotatable bonds is 14. The molecule has 0 spiro atoms. The third-order valence-electron chi connectivity index (χ3n) is 3.13. The van der Waals surface area contributed by atoms with Crippen LogP contribution < -0.4 is 5.73 Å². The first-order valence-corrected chi connectivity index (χ1v) is 15.7. The van der Waals surface area contributed by atoms with Crippen molar-refractivity contribution >= 4 is 31.0 Å². The topological polar surface area (TPSA) is 44.5 Å². The van der Waals surface area contributed by atoms with Crippen LogP contribution in [0.25, 0.3) is 0 Å². The zero-order chi connectivity index (χ0) is 15.3. The number of unbranched alkanes of at least 4 members (excludes halogenated alkanes) is 1. The van der Waals surface area contributed by atoms with Crippen molar-refractivity contribution in [2.24, 2.45) is 5.73 Å². The number of thioether (sulfide) groups is 1. The molecule has 20 heavy (non-hydrogen) atoms. The Labute approximate surface area is 135 Å². The standard InChI is InChI=1S/C6H14N.2C3H7O.C3H7S.Sn/c1-3-4-5-6(2)7;2*1-2-3-4;1-3-4-2;/h6H,1,3-5,7H2,2H3;3*2-3H2,1H3;/q;2*-1;;+2. The fraction of sp³-hybridized carbons (Fsp3) is 1.00. The van der Waals surface area contributed by atoms with Crippen molar-refractivity contribution in [2.45, 2.75) is 70.3 Å². The number of hydrogen-bond donors (Lipinski definition) is 1. The van der Waals surface area contributed by atoms with Gasteiger partial charge >= 0.3 is 136 Å². The molecule has 1 atom stereocenters. The zero-order valence-electron chi connectivity index (χ0n) is 14.0. The summed E-state index contributed by atoms with van der Waals surface area (Å²) in [6, 6.07) is 0.317. The van der Waals surface area contributed by atoms with Gasteiger partial charge in [0.1, 0.15) is 0 Å². The summed E-state index contributed by atoms with van der Waals surface area (Å²) in [5.74, 6) is 1.16. The normalized spacial score (nSPS) is 13.7. The maximum atomic E-state index is 6.33. The van der Waals surface area contributed by atoms with Crippen molar-refractivity contribution in [1.82, 2.24) is 0 Å². The maximum absolute atomic E-state index is 6.33. The Balaban J connectivity index is 4.41. The van der Waals surface area contributed by atoms with Gasteiger partial charge in [0.05, 0.1) is 0 Å². The molecule has 0 amide bonds. The van der Waals surface area contributed by atoms with Crippen LogP contribution in [0.2, 0.25) is 4.44 Å². The second kappa shape index (κ2) is 13.7. The van der Waals surface area contributed by atoms with Gasteiger partial charge in [-0.05, 0) is 0 Å². The average molecular weight is 412 g/mol. The van der Waals surface area contributed by atoms with Crippen LogP contribution in [0.4, 0.5) is 0 Å². The molecule has 0 radical (unpaired) electrons. The molecule has 0 aliphatic heterocycles. The van der Waals surface area contributed by atoms with E-state index < -0.39 is 19.2 Å². The Kier molecular flexibility index (Phi) is 14.4. The van der Waals surface area contributed by atoms with Gasteiger partial charge in [-0.1, -0.05) is 0 Å². The van der Waals surface area contributed by atoms with E-state index in [9.17, 15) is 0 Å². The van der Waals surface area contributed by atoms with E-state index in [0.29, 0.717) is 6.04 Å². The Bertz CT molecular complexity index is 196. The first-order chi connectivity index (χ1) is 9.60. The molecule has 122 valence electrons. The van der Waals surface area contributed by atoms with Crippen molar-refractivity contribution < 1.29 is 6.15 Å². The van der Waals surface area contributed by atoms with Crippen LogP contribution in [0.1, 0.15) is 59.8 Å². The first-order valence-electron chi connectivity index (χ1n) is 8.21. The fourth-order valence-corrected chi connectivity index (χ4v) is 16.5. The SMILES string of the molecule is CCC[O][Sn]([CH2]CCCC(C)N)([CH2]SCC)[O]CCC. The van der Waals surface area contributed by atoms with E-state index in [-0.39, 0.29) is 0 Å². The molecule has 0 aliphatic rings. The van der Waals surface area contributed by atoms with Gasteiger partial charge in [-0.2, -0.15) is 0 Å². The van der Waals surface area contributed by atoms with Crippen LogP contribution in [-0.2, 0) is 6.15 Å². The monoisotopic (exact) mass is 413 g/mol. The van der Waals surface area contributed by atoms with Gasteiger partial charge in [0.2, 0.25) is 0 Å². The van der Waals surface area contributed by atoms with Crippen molar-refractivity contribution in [1.29, 1.82) is 0 Å². The summed E-state index contributed by atoms with van der Waals surface area (Å²) >= 11 is -0.841. The summed E-state index contributed by atoms with van der Waals surface area (Å²) in [5, 5.41) is 0. The second-order valence-corrected chi connectivity index (χ2v) is 17.5. The van der Waals surface area contributed by atoms with E-state index in [2.05, 4.69) is 27.7 Å². The Hall–Kier alpha value is 1.03. The summed E-state index contributed by atoms with van der Waals surface area (Å²) in [6.07, 6.45) is 5.72. The van der Waals surface area contributed by atoms with Crippen LogP contribution in [0.5, 0.6) is 0 Å². The molecule has 0 fully saturated rings. The molecule has 0 saturated heterocycles. The van der Waals surface area contributed by atoms with Gasteiger partial charge in [0.15, 0.2) is 0 Å². The third kappa shape index (κ3) is 10.7. The summed E-state index contributed by atoms with van der Waals surface area (Å²) in [5.41, 5.74) is 5.83. The molecule has 0 heterocycles. The minimum absolute atomic E-state index is 0.317. The molecule has 0 aromatic carbocycles. The van der Waals surface area contributed by atoms with Gasteiger partial charge in [-0.25, -0.2) is 0 Å². The quantitative estimate of drug-likeness (QED) is 0.345. The van der Waals surface area contributed by atoms with E-state index in [1.807, 2.05) is 11.8 Å². The van der Waals surface area contributed by atoms with Crippen LogP contribution in [0.15, 0.2) is 0 Å². The van der Waals surface area contributed by atoms with Crippen LogP contribution in [0.3, 0.4) is 0 Å². The Morgan fingerprint density at radius 2 is 1.65 bits per heavy atom. The van der Waals surface area contributed by atoms with E-state index in [0.717, 1.165) is 42.0 Å². The molecule has 5 heteroatoms. The fourth-order valence-electron chi connectivity index (χ4n) is 2.04. The van der Waals surface area contributed by atoms with Crippen molar-refractivity contribution in [2.75, 3.05) is 22.7 Å². The molecule has 0 aromatic heterocycles. The molecular formula is C15H35NO2SSn. The molecule has 0 bridgehead atoms. The molecule has 0 rings (SSSR count). The van der Waals surface area contributed by atoms with Gasteiger partial charge in [-0.15, -0.1) is 0 Å². The first kappa shape index (κ1) is 21.0. The molecule has 3 nitrogen and oxygen atoms in total. The van der Waals surface area contributed by atoms with E-state index in [1.165, 1.54) is 17.3 Å². The summed E-state index contributed by atoms with van der Waals surface area (Å²) < 4.78 is 15.0. The predicted octanol–water partition coefficient (Wildman–Crippen LogP) is 4.09. The van der Waals surface area contributed by atoms with Crippen molar-refractivity contribution in [3.05, 3.63) is 0 Å². The number of hydrogen-bond acceptors (Lipinski definition) is 4. The third-order valence-corrected chi connectivity index (χ3v) is 17.0. The van der Waals surface area contributed by atoms with Gasteiger partial charge in [-0.3, -0.25) is 0 Å². The summed E-state index contributed by atoms with van der Waals surface area (Å²) in [6.45, 7) is 10.4. The van der Waals surface area contributed by atoms with Crippen LogP contribution in [-0.4, -0.2) is 48.0 Å². The molecular weight excluding hydrogens is 377 g/mol. The van der Waals surface area contributed by atoms with Gasteiger partial charge in [0.25, 0.3) is 0 Å².